The zero-order chi connectivity index (χ0) is 7.40. The first-order chi connectivity index (χ1) is 4.83. The first-order valence-corrected chi connectivity index (χ1v) is 3.76. The van der Waals surface area contributed by atoms with Crippen molar-refractivity contribution < 1.29 is 8.92 Å². The lowest BCUT2D eigenvalue weighted by Gasteiger charge is -2.29. The van der Waals surface area contributed by atoms with Crippen LogP contribution in [0.5, 0.6) is 0 Å². The Hall–Kier alpha value is 0.230. The minimum absolute atomic E-state index is 0.205. The first kappa shape index (κ1) is 8.33. The molecule has 1 aliphatic heterocycles. The molecular formula is C6H13NO2S. The second-order valence-electron chi connectivity index (χ2n) is 2.55. The number of likely N-dealkylation sites (N-methyl/N-ethyl adjacent to an activating group) is 1. The highest BCUT2D eigenvalue weighted by Crippen LogP contribution is 2.03. The highest BCUT2D eigenvalue weighted by molar-refractivity contribution is 7.75. The van der Waals surface area contributed by atoms with Gasteiger partial charge in [-0.1, -0.05) is 0 Å². The molecule has 0 bridgehead atoms. The van der Waals surface area contributed by atoms with Crippen LogP contribution in [0.25, 0.3) is 0 Å². The van der Waals surface area contributed by atoms with Crippen molar-refractivity contribution in [3.8, 4) is 0 Å². The molecule has 0 saturated carbocycles. The van der Waals surface area contributed by atoms with Crippen molar-refractivity contribution in [1.82, 2.24) is 4.90 Å². The number of thiol groups is 1. The highest BCUT2D eigenvalue weighted by Gasteiger charge is 2.16. The van der Waals surface area contributed by atoms with Crippen molar-refractivity contribution in [3.63, 3.8) is 0 Å². The van der Waals surface area contributed by atoms with E-state index in [4.69, 9.17) is 4.74 Å². The molecular weight excluding hydrogens is 150 g/mol. The minimum Gasteiger partial charge on any atom is -0.373 e. The summed E-state index contributed by atoms with van der Waals surface area (Å²) in [6, 6.07) is 0. The average Bonchev–Trinajstić information content (AvgIpc) is 1.88. The predicted molar refractivity (Wildman–Crippen MR) is 42.2 cm³/mol. The van der Waals surface area contributed by atoms with Gasteiger partial charge >= 0.3 is 0 Å². The fraction of sp³-hybridized carbons (Fsp3) is 1.00. The molecule has 1 unspecified atom stereocenters. The van der Waals surface area contributed by atoms with Crippen LogP contribution in [0.2, 0.25) is 0 Å². The van der Waals surface area contributed by atoms with Crippen LogP contribution in [0.3, 0.4) is 0 Å². The van der Waals surface area contributed by atoms with Gasteiger partial charge in [-0.15, -0.1) is 0 Å². The Bertz CT molecular complexity index is 99.7. The van der Waals surface area contributed by atoms with E-state index in [0.717, 1.165) is 19.7 Å². The van der Waals surface area contributed by atoms with Crippen molar-refractivity contribution in [2.24, 2.45) is 0 Å². The molecule has 0 aromatic heterocycles. The quantitative estimate of drug-likeness (QED) is 0.463. The van der Waals surface area contributed by atoms with Gasteiger partial charge in [-0.2, -0.15) is 0 Å². The summed E-state index contributed by atoms with van der Waals surface area (Å²) in [6.45, 7) is 3.34. The molecule has 0 N–H and O–H groups in total. The molecule has 0 spiro atoms. The van der Waals surface area contributed by atoms with Crippen molar-refractivity contribution in [2.45, 2.75) is 6.10 Å². The number of ether oxygens (including phenoxy) is 1. The van der Waals surface area contributed by atoms with Gasteiger partial charge in [0.15, 0.2) is 0 Å². The highest BCUT2D eigenvalue weighted by atomic mass is 32.1. The molecule has 0 radical (unpaired) electrons. The van der Waals surface area contributed by atoms with Gasteiger partial charge in [-0.05, 0) is 20.0 Å². The number of hydrogen-bond acceptors (Lipinski definition) is 4. The standard InChI is InChI=1S/C6H13NO2S/c1-7-2-3-8-6(4-7)5-9-10/h6,10H,2-5H2,1H3. The Balaban J connectivity index is 2.18. The molecule has 0 aromatic carbocycles. The lowest BCUT2D eigenvalue weighted by molar-refractivity contribution is -0.0369. The van der Waals surface area contributed by atoms with Crippen LogP contribution in [0, 0.1) is 0 Å². The number of morpholine rings is 1. The molecule has 0 aromatic rings. The monoisotopic (exact) mass is 163 g/mol. The molecule has 1 heterocycles. The summed E-state index contributed by atoms with van der Waals surface area (Å²) in [5, 5.41) is 0. The minimum atomic E-state index is 0.205. The van der Waals surface area contributed by atoms with Crippen molar-refractivity contribution in [3.05, 3.63) is 0 Å². The van der Waals surface area contributed by atoms with E-state index in [0.29, 0.717) is 6.61 Å². The van der Waals surface area contributed by atoms with E-state index in [9.17, 15) is 0 Å². The van der Waals surface area contributed by atoms with Crippen molar-refractivity contribution in [2.75, 3.05) is 33.4 Å². The van der Waals surface area contributed by atoms with Gasteiger partial charge < -0.3 is 13.8 Å². The van der Waals surface area contributed by atoms with Gasteiger partial charge in [0.1, 0.15) is 0 Å². The van der Waals surface area contributed by atoms with Crippen molar-refractivity contribution in [1.29, 1.82) is 0 Å². The summed E-state index contributed by atoms with van der Waals surface area (Å²) in [5.74, 6) is 0. The topological polar surface area (TPSA) is 21.7 Å². The van der Waals surface area contributed by atoms with E-state index >= 15 is 0 Å². The molecule has 10 heavy (non-hydrogen) atoms. The van der Waals surface area contributed by atoms with Gasteiger partial charge in [0.2, 0.25) is 0 Å². The lowest BCUT2D eigenvalue weighted by Crippen LogP contribution is -2.41. The Kier molecular flexibility index (Phi) is 3.48. The third kappa shape index (κ3) is 2.46. The predicted octanol–water partition coefficient (Wildman–Crippen LogP) is 0.178. The molecule has 3 nitrogen and oxygen atoms in total. The van der Waals surface area contributed by atoms with Crippen LogP contribution in [0.15, 0.2) is 0 Å². The van der Waals surface area contributed by atoms with E-state index in [1.165, 1.54) is 0 Å². The fourth-order valence-corrected chi connectivity index (χ4v) is 1.22. The Morgan fingerprint density at radius 3 is 3.20 bits per heavy atom. The molecule has 1 saturated heterocycles. The van der Waals surface area contributed by atoms with Crippen LogP contribution in [-0.4, -0.2) is 44.4 Å². The van der Waals surface area contributed by atoms with Gasteiger partial charge in [-0.3, -0.25) is 0 Å². The Labute approximate surface area is 66.9 Å². The maximum Gasteiger partial charge on any atom is 0.0948 e. The van der Waals surface area contributed by atoms with Crippen LogP contribution in [0.1, 0.15) is 0 Å². The van der Waals surface area contributed by atoms with Crippen molar-refractivity contribution >= 4 is 12.9 Å². The summed E-state index contributed by atoms with van der Waals surface area (Å²) >= 11 is 3.66. The summed E-state index contributed by atoms with van der Waals surface area (Å²) < 4.78 is 10.0. The van der Waals surface area contributed by atoms with Gasteiger partial charge in [0, 0.05) is 13.1 Å². The zero-order valence-corrected chi connectivity index (χ0v) is 7.01. The van der Waals surface area contributed by atoms with Gasteiger partial charge in [0.05, 0.1) is 19.3 Å². The summed E-state index contributed by atoms with van der Waals surface area (Å²) in [4.78, 5) is 2.22. The van der Waals surface area contributed by atoms with E-state index in [1.54, 1.807) is 0 Å². The fourth-order valence-electron chi connectivity index (χ4n) is 1.05. The first-order valence-electron chi connectivity index (χ1n) is 3.39. The maximum absolute atomic E-state index is 5.37. The molecule has 1 fully saturated rings. The number of rotatable bonds is 2. The lowest BCUT2D eigenvalue weighted by atomic mass is 10.3. The Morgan fingerprint density at radius 2 is 2.60 bits per heavy atom. The molecule has 1 aliphatic rings. The van der Waals surface area contributed by atoms with Crippen LogP contribution >= 0.6 is 12.9 Å². The molecule has 1 rings (SSSR count). The zero-order valence-electron chi connectivity index (χ0n) is 6.12. The summed E-state index contributed by atoms with van der Waals surface area (Å²) in [5.41, 5.74) is 0. The smallest absolute Gasteiger partial charge is 0.0948 e. The van der Waals surface area contributed by atoms with E-state index in [2.05, 4.69) is 29.0 Å². The third-order valence-corrected chi connectivity index (χ3v) is 1.75. The second-order valence-corrected chi connectivity index (χ2v) is 2.81. The van der Waals surface area contributed by atoms with Gasteiger partial charge in [0.25, 0.3) is 0 Å². The second kappa shape index (κ2) is 4.18. The largest absolute Gasteiger partial charge is 0.373 e. The normalized spacial score (nSPS) is 28.8. The summed E-state index contributed by atoms with van der Waals surface area (Å²) in [7, 11) is 2.08. The van der Waals surface area contributed by atoms with Crippen LogP contribution < -0.4 is 0 Å². The van der Waals surface area contributed by atoms with E-state index < -0.39 is 0 Å². The van der Waals surface area contributed by atoms with Crippen LogP contribution in [0.4, 0.5) is 0 Å². The number of hydrogen-bond donors (Lipinski definition) is 1. The molecule has 0 amide bonds. The molecule has 1 atom stereocenters. The Morgan fingerprint density at radius 1 is 1.80 bits per heavy atom. The molecule has 0 aliphatic carbocycles. The maximum atomic E-state index is 5.37. The SMILES string of the molecule is CN1CCOC(COS)C1. The number of nitrogens with zero attached hydrogens (tertiary/aromatic N) is 1. The van der Waals surface area contributed by atoms with E-state index in [-0.39, 0.29) is 6.10 Å². The van der Waals surface area contributed by atoms with E-state index in [1.807, 2.05) is 0 Å². The van der Waals surface area contributed by atoms with Crippen LogP contribution in [-0.2, 0) is 8.92 Å². The average molecular weight is 163 g/mol. The van der Waals surface area contributed by atoms with Gasteiger partial charge in [-0.25, -0.2) is 0 Å². The summed E-state index contributed by atoms with van der Waals surface area (Å²) in [6.07, 6.45) is 0.205. The molecule has 4 heteroatoms. The third-order valence-electron chi connectivity index (χ3n) is 1.60. The molecule has 60 valence electrons.